The standard InChI is InChI=1S/C28H51O3P/c1-5-6-7-8-9-10-11-12-13-14-15-16-20-25(21-19-24-31-32(29)30)26-22-17-18-23-27(26)28(2,3)4/h17-18,22-23,25,29-30H,5-16,19-21,24H2,1-4H3. The van der Waals surface area contributed by atoms with E-state index in [1.807, 2.05) is 0 Å². The molecule has 186 valence electrons. The fraction of sp³-hybridized carbons (Fsp3) is 0.786. The molecule has 0 aliphatic carbocycles. The highest BCUT2D eigenvalue weighted by atomic mass is 31.2. The number of rotatable bonds is 19. The van der Waals surface area contributed by atoms with Gasteiger partial charge >= 0.3 is 8.60 Å². The summed E-state index contributed by atoms with van der Waals surface area (Å²) in [7, 11) is -2.24. The van der Waals surface area contributed by atoms with E-state index in [4.69, 9.17) is 14.3 Å². The van der Waals surface area contributed by atoms with Crippen molar-refractivity contribution in [3.05, 3.63) is 35.4 Å². The van der Waals surface area contributed by atoms with Crippen LogP contribution in [0.4, 0.5) is 0 Å². The molecule has 1 unspecified atom stereocenters. The quantitative estimate of drug-likeness (QED) is 0.158. The zero-order chi connectivity index (χ0) is 23.7. The Morgan fingerprint density at radius 3 is 1.78 bits per heavy atom. The highest BCUT2D eigenvalue weighted by Crippen LogP contribution is 2.36. The molecule has 0 aliphatic heterocycles. The predicted octanol–water partition coefficient (Wildman–Crippen LogP) is 9.17. The molecule has 0 radical (unpaired) electrons. The first-order valence-corrected chi connectivity index (χ1v) is 14.4. The summed E-state index contributed by atoms with van der Waals surface area (Å²) < 4.78 is 5.02. The van der Waals surface area contributed by atoms with Crippen LogP contribution < -0.4 is 0 Å². The second-order valence-corrected chi connectivity index (χ2v) is 11.2. The van der Waals surface area contributed by atoms with Crippen molar-refractivity contribution < 1.29 is 14.3 Å². The van der Waals surface area contributed by atoms with Crippen LogP contribution in [0.3, 0.4) is 0 Å². The lowest BCUT2D eigenvalue weighted by Crippen LogP contribution is -2.16. The third kappa shape index (κ3) is 13.9. The maximum atomic E-state index is 9.01. The lowest BCUT2D eigenvalue weighted by atomic mass is 9.77. The van der Waals surface area contributed by atoms with Crippen LogP contribution in [0, 0.1) is 0 Å². The van der Waals surface area contributed by atoms with Crippen LogP contribution >= 0.6 is 8.60 Å². The molecular formula is C28H51O3P. The van der Waals surface area contributed by atoms with Crippen LogP contribution in [0.2, 0.25) is 0 Å². The third-order valence-corrected chi connectivity index (χ3v) is 6.93. The van der Waals surface area contributed by atoms with E-state index in [2.05, 4.69) is 52.0 Å². The van der Waals surface area contributed by atoms with Crippen LogP contribution in [0.5, 0.6) is 0 Å². The topological polar surface area (TPSA) is 49.7 Å². The Balaban J connectivity index is 2.40. The number of unbranched alkanes of at least 4 members (excludes halogenated alkanes) is 11. The Labute approximate surface area is 200 Å². The maximum Gasteiger partial charge on any atom is 0.327 e. The first kappa shape index (κ1) is 29.6. The molecule has 0 amide bonds. The Kier molecular flexibility index (Phi) is 16.6. The third-order valence-electron chi connectivity index (χ3n) is 6.52. The zero-order valence-electron chi connectivity index (χ0n) is 21.5. The van der Waals surface area contributed by atoms with Crippen LogP contribution in [0.25, 0.3) is 0 Å². The molecule has 1 aromatic rings. The van der Waals surface area contributed by atoms with E-state index in [1.165, 1.54) is 94.6 Å². The molecule has 0 aromatic heterocycles. The van der Waals surface area contributed by atoms with Crippen LogP contribution in [-0.4, -0.2) is 16.4 Å². The van der Waals surface area contributed by atoms with Gasteiger partial charge in [0.1, 0.15) is 0 Å². The van der Waals surface area contributed by atoms with Crippen molar-refractivity contribution in [3.8, 4) is 0 Å². The molecule has 2 N–H and O–H groups in total. The normalized spacial score (nSPS) is 13.1. The molecule has 0 saturated heterocycles. The summed E-state index contributed by atoms with van der Waals surface area (Å²) in [6.45, 7) is 9.58. The highest BCUT2D eigenvalue weighted by Gasteiger charge is 2.22. The van der Waals surface area contributed by atoms with E-state index in [9.17, 15) is 0 Å². The molecule has 3 nitrogen and oxygen atoms in total. The first-order valence-electron chi connectivity index (χ1n) is 13.3. The van der Waals surface area contributed by atoms with Gasteiger partial charge in [0.2, 0.25) is 0 Å². The Bertz CT molecular complexity index is 568. The van der Waals surface area contributed by atoms with Gasteiger partial charge in [0.15, 0.2) is 0 Å². The van der Waals surface area contributed by atoms with Gasteiger partial charge in [0, 0.05) is 0 Å². The lowest BCUT2D eigenvalue weighted by molar-refractivity contribution is 0.246. The van der Waals surface area contributed by atoms with Crippen LogP contribution in [0.1, 0.15) is 141 Å². The highest BCUT2D eigenvalue weighted by molar-refractivity contribution is 7.39. The van der Waals surface area contributed by atoms with E-state index >= 15 is 0 Å². The zero-order valence-corrected chi connectivity index (χ0v) is 22.3. The number of benzene rings is 1. The van der Waals surface area contributed by atoms with Crippen molar-refractivity contribution in [1.29, 1.82) is 0 Å². The fourth-order valence-electron chi connectivity index (χ4n) is 4.70. The van der Waals surface area contributed by atoms with Gasteiger partial charge in [-0.25, -0.2) is 0 Å². The summed E-state index contributed by atoms with van der Waals surface area (Å²) in [5, 5.41) is 0. The van der Waals surface area contributed by atoms with Crippen molar-refractivity contribution in [2.45, 2.75) is 135 Å². The summed E-state index contributed by atoms with van der Waals surface area (Å²) in [6.07, 6.45) is 19.7. The summed E-state index contributed by atoms with van der Waals surface area (Å²) in [4.78, 5) is 18.0. The molecule has 0 bridgehead atoms. The van der Waals surface area contributed by atoms with Crippen molar-refractivity contribution in [2.75, 3.05) is 6.61 Å². The first-order chi connectivity index (χ1) is 15.4. The second kappa shape index (κ2) is 17.9. The molecule has 1 aromatic carbocycles. The molecule has 0 aliphatic rings. The number of hydrogen-bond acceptors (Lipinski definition) is 3. The molecule has 0 fully saturated rings. The van der Waals surface area contributed by atoms with Crippen molar-refractivity contribution >= 4 is 8.60 Å². The van der Waals surface area contributed by atoms with Crippen molar-refractivity contribution in [3.63, 3.8) is 0 Å². The minimum Gasteiger partial charge on any atom is -0.328 e. The largest absolute Gasteiger partial charge is 0.328 e. The molecule has 0 heterocycles. The van der Waals surface area contributed by atoms with Gasteiger partial charge in [-0.15, -0.1) is 0 Å². The molecule has 0 spiro atoms. The Hall–Kier alpha value is -0.470. The van der Waals surface area contributed by atoms with Gasteiger partial charge in [-0.2, -0.15) is 0 Å². The van der Waals surface area contributed by atoms with Gasteiger partial charge in [-0.1, -0.05) is 129 Å². The summed E-state index contributed by atoms with van der Waals surface area (Å²) in [6, 6.07) is 8.90. The van der Waals surface area contributed by atoms with Crippen molar-refractivity contribution in [1.82, 2.24) is 0 Å². The number of hydrogen-bond donors (Lipinski definition) is 2. The van der Waals surface area contributed by atoms with Crippen molar-refractivity contribution in [2.24, 2.45) is 0 Å². The van der Waals surface area contributed by atoms with E-state index < -0.39 is 8.60 Å². The minimum absolute atomic E-state index is 0.131. The van der Waals surface area contributed by atoms with Gasteiger partial charge in [0.25, 0.3) is 0 Å². The van der Waals surface area contributed by atoms with E-state index in [0.29, 0.717) is 12.5 Å². The minimum atomic E-state index is -2.24. The van der Waals surface area contributed by atoms with Gasteiger partial charge in [-0.3, -0.25) is 0 Å². The molecular weight excluding hydrogens is 415 g/mol. The second-order valence-electron chi connectivity index (χ2n) is 10.4. The molecule has 32 heavy (non-hydrogen) atoms. The van der Waals surface area contributed by atoms with E-state index in [-0.39, 0.29) is 5.41 Å². The fourth-order valence-corrected chi connectivity index (χ4v) is 4.99. The average Bonchev–Trinajstić information content (AvgIpc) is 2.75. The SMILES string of the molecule is CCCCCCCCCCCCCCC(CCCOP(O)O)c1ccccc1C(C)(C)C. The van der Waals surface area contributed by atoms with Gasteiger partial charge in [0.05, 0.1) is 6.61 Å². The maximum absolute atomic E-state index is 9.01. The van der Waals surface area contributed by atoms with E-state index in [0.717, 1.165) is 12.8 Å². The predicted molar refractivity (Wildman–Crippen MR) is 140 cm³/mol. The lowest BCUT2D eigenvalue weighted by Gasteiger charge is -2.28. The molecule has 1 atom stereocenters. The Morgan fingerprint density at radius 2 is 1.25 bits per heavy atom. The molecule has 4 heteroatoms. The summed E-state index contributed by atoms with van der Waals surface area (Å²) in [5.74, 6) is 0.515. The summed E-state index contributed by atoms with van der Waals surface area (Å²) in [5.41, 5.74) is 3.04. The Morgan fingerprint density at radius 1 is 0.750 bits per heavy atom. The summed E-state index contributed by atoms with van der Waals surface area (Å²) >= 11 is 0. The monoisotopic (exact) mass is 466 g/mol. The van der Waals surface area contributed by atoms with Gasteiger partial charge < -0.3 is 14.3 Å². The molecule has 1 rings (SSSR count). The average molecular weight is 467 g/mol. The smallest absolute Gasteiger partial charge is 0.327 e. The van der Waals surface area contributed by atoms with Crippen LogP contribution in [0.15, 0.2) is 24.3 Å². The van der Waals surface area contributed by atoms with E-state index in [1.54, 1.807) is 0 Å². The van der Waals surface area contributed by atoms with Gasteiger partial charge in [-0.05, 0) is 41.7 Å². The molecule has 0 saturated carbocycles. The van der Waals surface area contributed by atoms with Crippen LogP contribution in [-0.2, 0) is 9.94 Å².